The Bertz CT molecular complexity index is 310. The van der Waals surface area contributed by atoms with Crippen molar-refractivity contribution in [2.75, 3.05) is 11.9 Å². The average Bonchev–Trinajstić information content (AvgIpc) is 2.12. The number of rotatable bonds is 4. The average molecular weight is 230 g/mol. The quantitative estimate of drug-likeness (QED) is 0.774. The summed E-state index contributed by atoms with van der Waals surface area (Å²) in [6, 6.07) is 1.78. The van der Waals surface area contributed by atoms with Gasteiger partial charge in [-0.2, -0.15) is 0 Å². The Morgan fingerprint density at radius 1 is 1.47 bits per heavy atom. The van der Waals surface area contributed by atoms with Crippen LogP contribution in [0.3, 0.4) is 0 Å². The van der Waals surface area contributed by atoms with E-state index in [2.05, 4.69) is 15.3 Å². The summed E-state index contributed by atoms with van der Waals surface area (Å²) in [6.45, 7) is 5.98. The highest BCUT2D eigenvalue weighted by Gasteiger charge is 2.12. The third-order valence-electron chi connectivity index (χ3n) is 2.16. The first-order valence-corrected chi connectivity index (χ1v) is 5.29. The minimum atomic E-state index is -0.0182. The number of aromatic nitrogens is 2. The monoisotopic (exact) mass is 229 g/mol. The van der Waals surface area contributed by atoms with Crippen molar-refractivity contribution in [1.29, 1.82) is 0 Å². The van der Waals surface area contributed by atoms with E-state index in [1.54, 1.807) is 6.07 Å². The summed E-state index contributed by atoms with van der Waals surface area (Å²) in [6.07, 6.45) is 0. The second kappa shape index (κ2) is 5.28. The molecule has 2 N–H and O–H groups in total. The smallest absolute Gasteiger partial charge is 0.224 e. The highest BCUT2D eigenvalue weighted by Crippen LogP contribution is 2.13. The second-order valence-corrected chi connectivity index (χ2v) is 4.18. The van der Waals surface area contributed by atoms with Crippen molar-refractivity contribution < 1.29 is 5.11 Å². The summed E-state index contributed by atoms with van der Waals surface area (Å²) < 4.78 is 0. The minimum Gasteiger partial charge on any atom is -0.394 e. The van der Waals surface area contributed by atoms with Gasteiger partial charge in [0.05, 0.1) is 12.6 Å². The molecule has 1 aromatic heterocycles. The van der Waals surface area contributed by atoms with E-state index < -0.39 is 0 Å². The first kappa shape index (κ1) is 12.2. The lowest BCUT2D eigenvalue weighted by atomic mass is 10.1. The lowest BCUT2D eigenvalue weighted by Crippen LogP contribution is -2.29. The standard InChI is InChI=1S/C10H16ClN3O/c1-6(2)8(5-15)13-9-4-7(3)12-10(11)14-9/h4,6,8,15H,5H2,1-3H3,(H,12,13,14)/t8-/m1/s1. The Balaban J connectivity index is 2.79. The van der Waals surface area contributed by atoms with Crippen LogP contribution in [0.5, 0.6) is 0 Å². The van der Waals surface area contributed by atoms with Crippen LogP contribution < -0.4 is 5.32 Å². The molecule has 0 aliphatic heterocycles. The van der Waals surface area contributed by atoms with Gasteiger partial charge in [0, 0.05) is 11.8 Å². The molecule has 0 unspecified atom stereocenters. The largest absolute Gasteiger partial charge is 0.394 e. The maximum atomic E-state index is 9.16. The van der Waals surface area contributed by atoms with Gasteiger partial charge >= 0.3 is 0 Å². The molecule has 0 saturated heterocycles. The van der Waals surface area contributed by atoms with Crippen LogP contribution >= 0.6 is 11.6 Å². The fourth-order valence-corrected chi connectivity index (χ4v) is 1.44. The fraction of sp³-hybridized carbons (Fsp3) is 0.600. The first-order chi connectivity index (χ1) is 7.02. The van der Waals surface area contributed by atoms with Crippen LogP contribution in [0, 0.1) is 12.8 Å². The SMILES string of the molecule is Cc1cc(N[C@H](CO)C(C)C)nc(Cl)n1. The predicted molar refractivity (Wildman–Crippen MR) is 61.1 cm³/mol. The number of anilines is 1. The van der Waals surface area contributed by atoms with E-state index in [0.717, 1.165) is 5.69 Å². The Kier molecular flexibility index (Phi) is 4.29. The van der Waals surface area contributed by atoms with Crippen molar-refractivity contribution in [3.63, 3.8) is 0 Å². The number of aryl methyl sites for hydroxylation is 1. The van der Waals surface area contributed by atoms with Crippen molar-refractivity contribution >= 4 is 17.4 Å². The van der Waals surface area contributed by atoms with E-state index in [1.807, 2.05) is 20.8 Å². The van der Waals surface area contributed by atoms with Crippen LogP contribution in [0.4, 0.5) is 5.82 Å². The van der Waals surface area contributed by atoms with Gasteiger partial charge in [-0.15, -0.1) is 0 Å². The molecular formula is C10H16ClN3O. The zero-order valence-electron chi connectivity index (χ0n) is 9.16. The van der Waals surface area contributed by atoms with Crippen molar-refractivity contribution in [3.8, 4) is 0 Å². The first-order valence-electron chi connectivity index (χ1n) is 4.91. The van der Waals surface area contributed by atoms with E-state index >= 15 is 0 Å². The van der Waals surface area contributed by atoms with E-state index in [4.69, 9.17) is 16.7 Å². The van der Waals surface area contributed by atoms with Gasteiger partial charge in [-0.1, -0.05) is 13.8 Å². The molecule has 1 rings (SSSR count). The molecule has 0 spiro atoms. The van der Waals surface area contributed by atoms with Crippen LogP contribution in [-0.4, -0.2) is 27.7 Å². The predicted octanol–water partition coefficient (Wildman–Crippen LogP) is 1.87. The zero-order valence-corrected chi connectivity index (χ0v) is 9.91. The van der Waals surface area contributed by atoms with Crippen LogP contribution in [0.25, 0.3) is 0 Å². The van der Waals surface area contributed by atoms with Gasteiger partial charge in [-0.05, 0) is 24.4 Å². The number of hydrogen-bond acceptors (Lipinski definition) is 4. The molecule has 0 fully saturated rings. The summed E-state index contributed by atoms with van der Waals surface area (Å²) >= 11 is 5.73. The summed E-state index contributed by atoms with van der Waals surface area (Å²) in [5, 5.41) is 12.5. The van der Waals surface area contributed by atoms with Gasteiger partial charge in [0.1, 0.15) is 5.82 Å². The van der Waals surface area contributed by atoms with Gasteiger partial charge < -0.3 is 10.4 Å². The van der Waals surface area contributed by atoms with Gasteiger partial charge in [-0.3, -0.25) is 0 Å². The van der Waals surface area contributed by atoms with Crippen LogP contribution in [-0.2, 0) is 0 Å². The molecule has 0 amide bonds. The van der Waals surface area contributed by atoms with E-state index in [9.17, 15) is 0 Å². The molecule has 0 aromatic carbocycles. The Morgan fingerprint density at radius 2 is 2.13 bits per heavy atom. The van der Waals surface area contributed by atoms with Gasteiger partial charge in [0.15, 0.2) is 0 Å². The summed E-state index contributed by atoms with van der Waals surface area (Å²) in [5.74, 6) is 0.976. The maximum absolute atomic E-state index is 9.16. The highest BCUT2D eigenvalue weighted by atomic mass is 35.5. The second-order valence-electron chi connectivity index (χ2n) is 3.84. The number of aliphatic hydroxyl groups is 1. The minimum absolute atomic E-state index is 0.0182. The molecule has 1 aromatic rings. The van der Waals surface area contributed by atoms with E-state index in [0.29, 0.717) is 11.7 Å². The molecule has 1 heterocycles. The molecule has 0 aliphatic carbocycles. The summed E-state index contributed by atoms with van der Waals surface area (Å²) in [5.41, 5.74) is 0.804. The lowest BCUT2D eigenvalue weighted by Gasteiger charge is -2.20. The number of halogens is 1. The number of nitrogens with zero attached hydrogens (tertiary/aromatic N) is 2. The van der Waals surface area contributed by atoms with Crippen molar-refractivity contribution in [2.24, 2.45) is 5.92 Å². The van der Waals surface area contributed by atoms with Gasteiger partial charge in [0.25, 0.3) is 0 Å². The molecule has 0 bridgehead atoms. The fourth-order valence-electron chi connectivity index (χ4n) is 1.22. The molecule has 84 valence electrons. The van der Waals surface area contributed by atoms with E-state index in [1.165, 1.54) is 0 Å². The third kappa shape index (κ3) is 3.64. The molecule has 0 aliphatic rings. The zero-order chi connectivity index (χ0) is 11.4. The molecule has 0 saturated carbocycles. The van der Waals surface area contributed by atoms with Crippen LogP contribution in [0.15, 0.2) is 6.07 Å². The van der Waals surface area contributed by atoms with E-state index in [-0.39, 0.29) is 17.9 Å². The Morgan fingerprint density at radius 3 is 2.60 bits per heavy atom. The van der Waals surface area contributed by atoms with Crippen molar-refractivity contribution in [2.45, 2.75) is 26.8 Å². The lowest BCUT2D eigenvalue weighted by molar-refractivity contribution is 0.249. The molecule has 15 heavy (non-hydrogen) atoms. The van der Waals surface area contributed by atoms with Gasteiger partial charge in [0.2, 0.25) is 5.28 Å². The third-order valence-corrected chi connectivity index (χ3v) is 2.33. The number of hydrogen-bond donors (Lipinski definition) is 2. The molecular weight excluding hydrogens is 214 g/mol. The molecule has 5 heteroatoms. The summed E-state index contributed by atoms with van der Waals surface area (Å²) in [4.78, 5) is 8.00. The van der Waals surface area contributed by atoms with Crippen LogP contribution in [0.1, 0.15) is 19.5 Å². The van der Waals surface area contributed by atoms with Crippen molar-refractivity contribution in [1.82, 2.24) is 9.97 Å². The normalized spacial score (nSPS) is 12.9. The molecule has 1 atom stereocenters. The molecule has 4 nitrogen and oxygen atoms in total. The Labute approximate surface area is 94.7 Å². The highest BCUT2D eigenvalue weighted by molar-refractivity contribution is 6.28. The number of aliphatic hydroxyl groups excluding tert-OH is 1. The summed E-state index contributed by atoms with van der Waals surface area (Å²) in [7, 11) is 0. The number of nitrogens with one attached hydrogen (secondary N) is 1. The van der Waals surface area contributed by atoms with Crippen LogP contribution in [0.2, 0.25) is 5.28 Å². The maximum Gasteiger partial charge on any atom is 0.224 e. The van der Waals surface area contributed by atoms with Gasteiger partial charge in [-0.25, -0.2) is 9.97 Å². The molecule has 0 radical (unpaired) electrons. The Hall–Kier alpha value is -0.870. The van der Waals surface area contributed by atoms with Crippen molar-refractivity contribution in [3.05, 3.63) is 17.0 Å². The topological polar surface area (TPSA) is 58.0 Å².